The molecule has 0 aliphatic heterocycles. The highest BCUT2D eigenvalue weighted by atomic mass is 19.4. The molecule has 0 aliphatic carbocycles. The summed E-state index contributed by atoms with van der Waals surface area (Å²) in [6.07, 6.45) is -2.25. The first-order valence-electron chi connectivity index (χ1n) is 7.94. The van der Waals surface area contributed by atoms with Crippen molar-refractivity contribution in [3.05, 3.63) is 35.4 Å². The van der Waals surface area contributed by atoms with Gasteiger partial charge in [0.05, 0.1) is 17.8 Å². The zero-order valence-electron chi connectivity index (χ0n) is 14.4. The molecule has 1 aromatic rings. The number of benzene rings is 1. The van der Waals surface area contributed by atoms with Crippen molar-refractivity contribution < 1.29 is 27.5 Å². The minimum atomic E-state index is -4.37. The Kier molecular flexibility index (Phi) is 8.98. The van der Waals surface area contributed by atoms with Crippen LogP contribution in [-0.2, 0) is 20.5 Å². The second-order valence-electron chi connectivity index (χ2n) is 5.38. The predicted molar refractivity (Wildman–Crippen MR) is 88.3 cm³/mol. The molecule has 0 bridgehead atoms. The Labute approximate surface area is 145 Å². The van der Waals surface area contributed by atoms with Crippen LogP contribution in [0.5, 0.6) is 0 Å². The van der Waals surface area contributed by atoms with E-state index in [0.29, 0.717) is 30.8 Å². The molecule has 1 aromatic carbocycles. The van der Waals surface area contributed by atoms with Gasteiger partial charge in [-0.05, 0) is 37.0 Å². The molecule has 0 spiro atoms. The molecule has 0 fully saturated rings. The molecule has 0 saturated carbocycles. The lowest BCUT2D eigenvalue weighted by Crippen LogP contribution is -2.23. The average Bonchev–Trinajstić information content (AvgIpc) is 2.55. The van der Waals surface area contributed by atoms with Gasteiger partial charge in [0.15, 0.2) is 0 Å². The van der Waals surface area contributed by atoms with E-state index >= 15 is 0 Å². The van der Waals surface area contributed by atoms with Crippen LogP contribution in [0.15, 0.2) is 29.4 Å². The molecule has 0 heterocycles. The summed E-state index contributed by atoms with van der Waals surface area (Å²) in [5.74, 6) is -0.171. The van der Waals surface area contributed by atoms with E-state index in [-0.39, 0.29) is 12.5 Å². The SMILES string of the molecule is COCCCC/C(=N\OCCNC(C)=O)c1ccc(C(F)(F)F)cc1. The number of halogens is 3. The molecule has 8 heteroatoms. The number of oxime groups is 1. The van der Waals surface area contributed by atoms with Gasteiger partial charge in [-0.25, -0.2) is 0 Å². The van der Waals surface area contributed by atoms with Crippen LogP contribution in [0, 0.1) is 0 Å². The molecular weight excluding hydrogens is 337 g/mol. The lowest BCUT2D eigenvalue weighted by Gasteiger charge is -2.10. The Morgan fingerprint density at radius 3 is 2.40 bits per heavy atom. The number of ether oxygens (including phenoxy) is 1. The van der Waals surface area contributed by atoms with Gasteiger partial charge < -0.3 is 14.9 Å². The van der Waals surface area contributed by atoms with Crippen LogP contribution in [0.3, 0.4) is 0 Å². The van der Waals surface area contributed by atoms with Gasteiger partial charge in [-0.1, -0.05) is 17.3 Å². The summed E-state index contributed by atoms with van der Waals surface area (Å²) in [5.41, 5.74) is 0.430. The molecule has 0 aromatic heterocycles. The van der Waals surface area contributed by atoms with E-state index in [4.69, 9.17) is 9.57 Å². The van der Waals surface area contributed by atoms with E-state index in [0.717, 1.165) is 25.0 Å². The number of methoxy groups -OCH3 is 1. The lowest BCUT2D eigenvalue weighted by atomic mass is 10.0. The standard InChI is InChI=1S/C17H23F3N2O3/c1-13(23)21-10-12-25-22-16(5-3-4-11-24-2)14-6-8-15(9-7-14)17(18,19)20/h6-9H,3-5,10-12H2,1-2H3,(H,21,23)/b22-16+. The van der Waals surface area contributed by atoms with E-state index in [9.17, 15) is 18.0 Å². The minimum absolute atomic E-state index is 0.171. The summed E-state index contributed by atoms with van der Waals surface area (Å²) in [6.45, 7) is 2.49. The van der Waals surface area contributed by atoms with E-state index in [2.05, 4.69) is 10.5 Å². The van der Waals surface area contributed by atoms with E-state index < -0.39 is 11.7 Å². The minimum Gasteiger partial charge on any atom is -0.394 e. The highest BCUT2D eigenvalue weighted by Gasteiger charge is 2.30. The number of carbonyl (C=O) groups excluding carboxylic acids is 1. The van der Waals surface area contributed by atoms with Crippen LogP contribution < -0.4 is 5.32 Å². The van der Waals surface area contributed by atoms with Gasteiger partial charge in [0.2, 0.25) is 5.91 Å². The second kappa shape index (κ2) is 10.7. The maximum absolute atomic E-state index is 12.7. The highest BCUT2D eigenvalue weighted by molar-refractivity contribution is 6.00. The fourth-order valence-electron chi connectivity index (χ4n) is 2.03. The number of nitrogens with one attached hydrogen (secondary N) is 1. The van der Waals surface area contributed by atoms with Gasteiger partial charge in [0, 0.05) is 20.6 Å². The lowest BCUT2D eigenvalue weighted by molar-refractivity contribution is -0.137. The van der Waals surface area contributed by atoms with Gasteiger partial charge in [-0.2, -0.15) is 13.2 Å². The van der Waals surface area contributed by atoms with Crippen molar-refractivity contribution in [3.63, 3.8) is 0 Å². The molecule has 0 radical (unpaired) electrons. The van der Waals surface area contributed by atoms with Crippen LogP contribution in [0.1, 0.15) is 37.3 Å². The van der Waals surface area contributed by atoms with Gasteiger partial charge >= 0.3 is 6.18 Å². The average molecular weight is 360 g/mol. The zero-order valence-corrected chi connectivity index (χ0v) is 14.4. The smallest absolute Gasteiger partial charge is 0.394 e. The number of nitrogens with zero attached hydrogens (tertiary/aromatic N) is 1. The third-order valence-corrected chi connectivity index (χ3v) is 3.30. The summed E-state index contributed by atoms with van der Waals surface area (Å²) < 4.78 is 43.0. The molecule has 25 heavy (non-hydrogen) atoms. The van der Waals surface area contributed by atoms with Crippen molar-refractivity contribution in [3.8, 4) is 0 Å². The van der Waals surface area contributed by atoms with E-state index in [1.54, 1.807) is 7.11 Å². The van der Waals surface area contributed by atoms with Crippen LogP contribution in [-0.4, -0.2) is 38.5 Å². The number of carbonyl (C=O) groups is 1. The number of hydrogen-bond acceptors (Lipinski definition) is 4. The number of hydrogen-bond donors (Lipinski definition) is 1. The summed E-state index contributed by atoms with van der Waals surface area (Å²) in [4.78, 5) is 15.9. The molecule has 0 aliphatic rings. The fourth-order valence-corrected chi connectivity index (χ4v) is 2.03. The quantitative estimate of drug-likeness (QED) is 0.395. The topological polar surface area (TPSA) is 59.9 Å². The van der Waals surface area contributed by atoms with E-state index in [1.807, 2.05) is 0 Å². The third kappa shape index (κ3) is 8.53. The maximum Gasteiger partial charge on any atom is 0.416 e. The molecule has 0 unspecified atom stereocenters. The maximum atomic E-state index is 12.7. The van der Waals surface area contributed by atoms with Crippen molar-refractivity contribution >= 4 is 11.6 Å². The Bertz CT molecular complexity index is 557. The molecule has 0 atom stereocenters. The first-order valence-corrected chi connectivity index (χ1v) is 7.94. The Morgan fingerprint density at radius 1 is 1.16 bits per heavy atom. The summed E-state index contributed by atoms with van der Waals surface area (Å²) in [6, 6.07) is 4.82. The first-order chi connectivity index (χ1) is 11.8. The normalized spacial score (nSPS) is 12.1. The van der Waals surface area contributed by atoms with E-state index in [1.165, 1.54) is 19.1 Å². The largest absolute Gasteiger partial charge is 0.416 e. The van der Waals surface area contributed by atoms with Crippen molar-refractivity contribution in [2.45, 2.75) is 32.4 Å². The molecule has 1 amide bonds. The third-order valence-electron chi connectivity index (χ3n) is 3.30. The van der Waals surface area contributed by atoms with Crippen LogP contribution in [0.2, 0.25) is 0 Å². The van der Waals surface area contributed by atoms with Gasteiger partial charge in [-0.15, -0.1) is 0 Å². The summed E-state index contributed by atoms with van der Waals surface area (Å²) in [5, 5.41) is 6.59. The molecule has 5 nitrogen and oxygen atoms in total. The molecule has 1 N–H and O–H groups in total. The van der Waals surface area contributed by atoms with Crippen LogP contribution in [0.25, 0.3) is 0 Å². The first kappa shape index (κ1) is 21.0. The molecule has 0 saturated heterocycles. The number of alkyl halides is 3. The Balaban J connectivity index is 2.73. The van der Waals surface area contributed by atoms with Gasteiger partial charge in [-0.3, -0.25) is 4.79 Å². The Morgan fingerprint density at radius 2 is 1.84 bits per heavy atom. The Hall–Kier alpha value is -2.09. The second-order valence-corrected chi connectivity index (χ2v) is 5.38. The van der Waals surface area contributed by atoms with Crippen molar-refractivity contribution in [2.75, 3.05) is 26.9 Å². The fraction of sp³-hybridized carbons (Fsp3) is 0.529. The zero-order chi connectivity index (χ0) is 18.7. The molecule has 1 rings (SSSR count). The predicted octanol–water partition coefficient (Wildman–Crippen LogP) is 3.38. The molecule has 140 valence electrons. The highest BCUT2D eigenvalue weighted by Crippen LogP contribution is 2.29. The molecular formula is C17H23F3N2O3. The number of rotatable bonds is 10. The monoisotopic (exact) mass is 360 g/mol. The van der Waals surface area contributed by atoms with Gasteiger partial charge in [0.1, 0.15) is 6.61 Å². The van der Waals surface area contributed by atoms with Crippen molar-refractivity contribution in [2.24, 2.45) is 5.16 Å². The summed E-state index contributed by atoms with van der Waals surface area (Å²) in [7, 11) is 1.61. The van der Waals surface area contributed by atoms with Crippen LogP contribution in [0.4, 0.5) is 13.2 Å². The number of amides is 1. The van der Waals surface area contributed by atoms with Crippen molar-refractivity contribution in [1.29, 1.82) is 0 Å². The van der Waals surface area contributed by atoms with Crippen LogP contribution >= 0.6 is 0 Å². The number of unbranched alkanes of at least 4 members (excludes halogenated alkanes) is 1. The van der Waals surface area contributed by atoms with Gasteiger partial charge in [0.25, 0.3) is 0 Å². The summed E-state index contributed by atoms with van der Waals surface area (Å²) >= 11 is 0. The van der Waals surface area contributed by atoms with Crippen molar-refractivity contribution in [1.82, 2.24) is 5.32 Å².